The highest BCUT2D eigenvalue weighted by molar-refractivity contribution is 5.87. The molecular weight excluding hydrogens is 557 g/mol. The van der Waals surface area contributed by atoms with Crippen molar-refractivity contribution in [1.29, 1.82) is 0 Å². The quantitative estimate of drug-likeness (QED) is 0.219. The lowest BCUT2D eigenvalue weighted by molar-refractivity contribution is -0.173. The molecule has 0 radical (unpaired) electrons. The van der Waals surface area contributed by atoms with Crippen LogP contribution in [0, 0.1) is 13.8 Å². The molecule has 226 valence electrons. The third kappa shape index (κ3) is 8.85. The van der Waals surface area contributed by atoms with Gasteiger partial charge in [0.15, 0.2) is 0 Å². The molecule has 4 amide bonds. The van der Waals surface area contributed by atoms with Gasteiger partial charge in [-0.2, -0.15) is 13.2 Å². The van der Waals surface area contributed by atoms with Crippen LogP contribution >= 0.6 is 0 Å². The molecule has 0 saturated carbocycles. The second-order valence-electron chi connectivity index (χ2n) is 9.21. The lowest BCUT2D eigenvalue weighted by Gasteiger charge is -2.34. The van der Waals surface area contributed by atoms with Gasteiger partial charge in [0.1, 0.15) is 16.9 Å². The number of rotatable bonds is 12. The van der Waals surface area contributed by atoms with Gasteiger partial charge in [0, 0.05) is 26.2 Å². The van der Waals surface area contributed by atoms with E-state index in [4.69, 9.17) is 9.47 Å². The van der Waals surface area contributed by atoms with Crippen molar-refractivity contribution in [3.05, 3.63) is 84.0 Å². The van der Waals surface area contributed by atoms with Crippen LogP contribution in [-0.2, 0) is 15.0 Å². The zero-order chi connectivity index (χ0) is 31.5. The predicted octanol–water partition coefficient (Wildman–Crippen LogP) is 3.95. The Balaban J connectivity index is 2.18. The van der Waals surface area contributed by atoms with E-state index >= 15 is 0 Å². The van der Waals surface area contributed by atoms with E-state index in [1.165, 1.54) is 50.2 Å². The van der Waals surface area contributed by atoms with Gasteiger partial charge in [-0.05, 0) is 67.3 Å². The van der Waals surface area contributed by atoms with Gasteiger partial charge in [-0.1, -0.05) is 37.4 Å². The summed E-state index contributed by atoms with van der Waals surface area (Å²) in [5, 5.41) is 9.80. The fraction of sp³-hybridized carbons (Fsp3) is 0.310. The fourth-order valence-electron chi connectivity index (χ4n) is 3.76. The maximum atomic E-state index is 14.6. The number of carbonyl (C=O) groups is 4. The molecule has 0 heterocycles. The van der Waals surface area contributed by atoms with Crippen molar-refractivity contribution >= 4 is 24.0 Å². The highest BCUT2D eigenvalue weighted by Gasteiger charge is 2.53. The van der Waals surface area contributed by atoms with Gasteiger partial charge in [0.05, 0.1) is 0 Å². The van der Waals surface area contributed by atoms with E-state index in [9.17, 15) is 32.3 Å². The molecule has 42 heavy (non-hydrogen) atoms. The molecule has 2 aromatic carbocycles. The lowest BCUT2D eigenvalue weighted by atomic mass is 9.74. The van der Waals surface area contributed by atoms with Crippen molar-refractivity contribution in [2.75, 3.05) is 26.2 Å². The Morgan fingerprint density at radius 2 is 1.07 bits per heavy atom. The first-order valence-electron chi connectivity index (χ1n) is 12.7. The zero-order valence-corrected chi connectivity index (χ0v) is 23.4. The van der Waals surface area contributed by atoms with E-state index in [1.807, 2.05) is 0 Å². The van der Waals surface area contributed by atoms with E-state index < -0.39 is 35.6 Å². The molecule has 0 unspecified atom stereocenters. The van der Waals surface area contributed by atoms with Crippen molar-refractivity contribution in [2.45, 2.75) is 32.4 Å². The minimum atomic E-state index is -4.73. The van der Waals surface area contributed by atoms with E-state index in [2.05, 4.69) is 34.4 Å². The standard InChI is InChI=1S/C29H33F3N4O6/c1-6-24(37)33-12-14-35-26(39)41-22-10-8-20(16-18(22)3)28(5,29(30,31)32)21-9-11-23(19(4)17-21)42-27(40)36-15-13-34-25(38)7-2/h6-11,16-17H,1-2,12-15H2,3-5H3,(H,33,37)(H,34,38)(H,35,39)(H,36,40). The van der Waals surface area contributed by atoms with Crippen molar-refractivity contribution in [1.82, 2.24) is 21.3 Å². The molecule has 13 heteroatoms. The van der Waals surface area contributed by atoms with E-state index in [1.54, 1.807) is 0 Å². The lowest BCUT2D eigenvalue weighted by Crippen LogP contribution is -2.40. The van der Waals surface area contributed by atoms with Gasteiger partial charge in [-0.15, -0.1) is 0 Å². The monoisotopic (exact) mass is 590 g/mol. The van der Waals surface area contributed by atoms with E-state index in [-0.39, 0.29) is 59.9 Å². The summed E-state index contributed by atoms with van der Waals surface area (Å²) in [4.78, 5) is 46.5. The number of nitrogens with one attached hydrogen (secondary N) is 4. The summed E-state index contributed by atoms with van der Waals surface area (Å²) in [7, 11) is 0. The van der Waals surface area contributed by atoms with Crippen LogP contribution in [-0.4, -0.2) is 56.4 Å². The number of ether oxygens (including phenoxy) is 2. The summed E-state index contributed by atoms with van der Waals surface area (Å²) < 4.78 is 54.3. The largest absolute Gasteiger partial charge is 0.412 e. The van der Waals surface area contributed by atoms with Gasteiger partial charge < -0.3 is 30.7 Å². The van der Waals surface area contributed by atoms with Crippen LogP contribution in [0.1, 0.15) is 29.2 Å². The molecule has 0 fully saturated rings. The topological polar surface area (TPSA) is 135 Å². The molecule has 0 aromatic heterocycles. The molecule has 0 atom stereocenters. The highest BCUT2D eigenvalue weighted by atomic mass is 19.4. The minimum Gasteiger partial charge on any atom is -0.410 e. The number of hydrogen-bond donors (Lipinski definition) is 4. The third-order valence-electron chi connectivity index (χ3n) is 6.23. The molecule has 0 aliphatic rings. The number of alkyl halides is 3. The van der Waals surface area contributed by atoms with Crippen molar-refractivity contribution in [3.8, 4) is 11.5 Å². The van der Waals surface area contributed by atoms with Gasteiger partial charge in [-0.25, -0.2) is 9.59 Å². The van der Waals surface area contributed by atoms with Crippen LogP contribution in [0.2, 0.25) is 0 Å². The smallest absolute Gasteiger partial charge is 0.410 e. The number of hydrogen-bond acceptors (Lipinski definition) is 6. The molecule has 0 aliphatic carbocycles. The molecular formula is C29H33F3N4O6. The summed E-state index contributed by atoms with van der Waals surface area (Å²) in [6.45, 7) is 11.1. The summed E-state index contributed by atoms with van der Waals surface area (Å²) in [6, 6.07) is 7.59. The Morgan fingerprint density at radius 1 is 0.714 bits per heavy atom. The van der Waals surface area contributed by atoms with Crippen LogP contribution in [0.25, 0.3) is 0 Å². The second kappa shape index (κ2) is 14.7. The van der Waals surface area contributed by atoms with E-state index in [0.717, 1.165) is 19.1 Å². The number of halogens is 3. The van der Waals surface area contributed by atoms with E-state index in [0.29, 0.717) is 0 Å². The highest BCUT2D eigenvalue weighted by Crippen LogP contribution is 2.47. The van der Waals surface area contributed by atoms with Gasteiger partial charge in [0.25, 0.3) is 0 Å². The molecule has 0 aliphatic heterocycles. The SMILES string of the molecule is C=CC(=O)NCCNC(=O)Oc1ccc(C(C)(c2ccc(OC(=O)NCCNC(=O)C=C)c(C)c2)C(F)(F)F)cc1C. The number of carbonyl (C=O) groups excluding carboxylic acids is 4. The van der Waals surface area contributed by atoms with Crippen LogP contribution < -0.4 is 30.7 Å². The maximum absolute atomic E-state index is 14.6. The molecule has 0 saturated heterocycles. The molecule has 4 N–H and O–H groups in total. The van der Waals surface area contributed by atoms with Gasteiger partial charge >= 0.3 is 18.4 Å². The summed E-state index contributed by atoms with van der Waals surface area (Å²) in [5.74, 6) is -0.693. The summed E-state index contributed by atoms with van der Waals surface area (Å²) >= 11 is 0. The maximum Gasteiger partial charge on any atom is 0.412 e. The Bertz CT molecular complexity index is 1250. The molecule has 2 aromatic rings. The summed E-state index contributed by atoms with van der Waals surface area (Å²) in [5.41, 5.74) is -2.08. The summed E-state index contributed by atoms with van der Waals surface area (Å²) in [6.07, 6.45) is -4.24. The first kappa shape index (κ1) is 33.4. The second-order valence-corrected chi connectivity index (χ2v) is 9.21. The Kier molecular flexibility index (Phi) is 11.7. The third-order valence-corrected chi connectivity index (χ3v) is 6.23. The predicted molar refractivity (Wildman–Crippen MR) is 149 cm³/mol. The molecule has 0 bridgehead atoms. The first-order chi connectivity index (χ1) is 19.7. The number of amides is 4. The average Bonchev–Trinajstić information content (AvgIpc) is 2.94. The average molecular weight is 591 g/mol. The Hall–Kier alpha value is -4.81. The van der Waals surface area contributed by atoms with Crippen LogP contribution in [0.15, 0.2) is 61.7 Å². The molecule has 10 nitrogen and oxygen atoms in total. The van der Waals surface area contributed by atoms with Gasteiger partial charge in [0.2, 0.25) is 11.8 Å². The van der Waals surface area contributed by atoms with Crippen LogP contribution in [0.5, 0.6) is 11.5 Å². The first-order valence-corrected chi connectivity index (χ1v) is 12.7. The Morgan fingerprint density at radius 3 is 1.38 bits per heavy atom. The Labute approximate surface area is 241 Å². The van der Waals surface area contributed by atoms with Gasteiger partial charge in [-0.3, -0.25) is 9.59 Å². The molecule has 2 rings (SSSR count). The minimum absolute atomic E-state index is 0.0610. The number of aryl methyl sites for hydroxylation is 2. The zero-order valence-electron chi connectivity index (χ0n) is 23.4. The number of benzene rings is 2. The molecule has 0 spiro atoms. The van der Waals surface area contributed by atoms with Crippen molar-refractivity contribution in [2.24, 2.45) is 0 Å². The fourth-order valence-corrected chi connectivity index (χ4v) is 3.76. The van der Waals surface area contributed by atoms with Crippen molar-refractivity contribution < 1.29 is 41.8 Å². The normalized spacial score (nSPS) is 11.1. The van der Waals surface area contributed by atoms with Crippen molar-refractivity contribution in [3.63, 3.8) is 0 Å². The van der Waals surface area contributed by atoms with Crippen LogP contribution in [0.4, 0.5) is 22.8 Å². The van der Waals surface area contributed by atoms with Crippen LogP contribution in [0.3, 0.4) is 0 Å².